The Labute approximate surface area is 80.1 Å². The molecule has 2 amide bonds. The summed E-state index contributed by atoms with van der Waals surface area (Å²) in [5, 5.41) is 21.6. The molecule has 0 aromatic carbocycles. The molecule has 0 bridgehead atoms. The average molecular weight is 204 g/mol. The van der Waals surface area contributed by atoms with Gasteiger partial charge in [0.1, 0.15) is 6.04 Å². The maximum Gasteiger partial charge on any atom is 0.335 e. The van der Waals surface area contributed by atoms with Crippen molar-refractivity contribution < 1.29 is 24.6 Å². The van der Waals surface area contributed by atoms with Crippen molar-refractivity contribution in [3.8, 4) is 0 Å². The van der Waals surface area contributed by atoms with E-state index in [1.807, 2.05) is 5.32 Å². The highest BCUT2D eigenvalue weighted by molar-refractivity contribution is 5.91. The summed E-state index contributed by atoms with van der Waals surface area (Å²) >= 11 is 0. The second-order valence-corrected chi connectivity index (χ2v) is 2.58. The average Bonchev–Trinajstić information content (AvgIpc) is 2.11. The third-order valence-corrected chi connectivity index (χ3v) is 1.46. The molecular formula is C7H12N2O5. The lowest BCUT2D eigenvalue weighted by Gasteiger charge is -2.18. The number of nitrogens with one attached hydrogen (secondary N) is 2. The lowest BCUT2D eigenvalue weighted by Crippen LogP contribution is -2.54. The molecular weight excluding hydrogens is 192 g/mol. The van der Waals surface area contributed by atoms with Gasteiger partial charge in [0.05, 0.1) is 0 Å². The van der Waals surface area contributed by atoms with E-state index in [0.717, 1.165) is 6.92 Å². The van der Waals surface area contributed by atoms with Crippen molar-refractivity contribution in [2.24, 2.45) is 0 Å². The lowest BCUT2D eigenvalue weighted by molar-refractivity contribution is -0.151. The first-order valence-corrected chi connectivity index (χ1v) is 3.79. The number of carbonyl (C=O) groups excluding carboxylic acids is 2. The van der Waals surface area contributed by atoms with E-state index in [2.05, 4.69) is 5.32 Å². The number of rotatable bonds is 4. The molecule has 0 spiro atoms. The number of carbonyl (C=O) groups is 3. The van der Waals surface area contributed by atoms with Gasteiger partial charge in [0.15, 0.2) is 6.10 Å². The van der Waals surface area contributed by atoms with Crippen LogP contribution in [0.25, 0.3) is 0 Å². The Morgan fingerprint density at radius 1 is 1.29 bits per heavy atom. The molecule has 0 radical (unpaired) electrons. The lowest BCUT2D eigenvalue weighted by atomic mass is 10.1. The van der Waals surface area contributed by atoms with Crippen LogP contribution in [-0.4, -0.2) is 47.2 Å². The molecule has 0 aliphatic carbocycles. The van der Waals surface area contributed by atoms with Crippen molar-refractivity contribution in [1.82, 2.24) is 10.6 Å². The Hall–Kier alpha value is -1.63. The number of amides is 2. The van der Waals surface area contributed by atoms with Crippen LogP contribution >= 0.6 is 0 Å². The molecule has 7 nitrogen and oxygen atoms in total. The summed E-state index contributed by atoms with van der Waals surface area (Å²) in [4.78, 5) is 32.0. The van der Waals surface area contributed by atoms with Gasteiger partial charge in [-0.15, -0.1) is 0 Å². The van der Waals surface area contributed by atoms with E-state index < -0.39 is 29.9 Å². The van der Waals surface area contributed by atoms with E-state index in [0.29, 0.717) is 0 Å². The molecule has 1 unspecified atom stereocenters. The second kappa shape index (κ2) is 5.18. The maximum absolute atomic E-state index is 11.0. The van der Waals surface area contributed by atoms with Crippen LogP contribution in [0.2, 0.25) is 0 Å². The zero-order valence-corrected chi connectivity index (χ0v) is 7.77. The van der Waals surface area contributed by atoms with E-state index >= 15 is 0 Å². The van der Waals surface area contributed by atoms with Crippen molar-refractivity contribution in [3.63, 3.8) is 0 Å². The maximum atomic E-state index is 11.0. The number of hydrogen-bond donors (Lipinski definition) is 4. The predicted octanol–water partition coefficient (Wildman–Crippen LogP) is -2.32. The number of hydrogen-bond acceptors (Lipinski definition) is 4. The largest absolute Gasteiger partial charge is 0.479 e. The third-order valence-electron chi connectivity index (χ3n) is 1.46. The fourth-order valence-corrected chi connectivity index (χ4v) is 0.805. The predicted molar refractivity (Wildman–Crippen MR) is 45.3 cm³/mol. The van der Waals surface area contributed by atoms with Crippen LogP contribution in [0.15, 0.2) is 0 Å². The standard InChI is InChI=1S/C7H12N2O5/c1-3(10)9-4(6(12)8-2)5(11)7(13)14/h4-5,11H,1-2H3,(H,8,12)(H,9,10)(H,13,14)/t4-,5?/m0/s1. The first-order valence-electron chi connectivity index (χ1n) is 3.79. The molecule has 0 saturated heterocycles. The monoisotopic (exact) mass is 204 g/mol. The van der Waals surface area contributed by atoms with Gasteiger partial charge in [-0.2, -0.15) is 0 Å². The number of aliphatic carboxylic acids is 1. The zero-order valence-electron chi connectivity index (χ0n) is 7.77. The van der Waals surface area contributed by atoms with Gasteiger partial charge in [0.2, 0.25) is 11.8 Å². The normalized spacial score (nSPS) is 13.9. The number of carboxylic acids is 1. The minimum absolute atomic E-state index is 0.598. The SMILES string of the molecule is CNC(=O)[C@@H](NC(C)=O)C(O)C(=O)O. The van der Waals surface area contributed by atoms with Crippen LogP contribution < -0.4 is 10.6 Å². The van der Waals surface area contributed by atoms with Gasteiger partial charge >= 0.3 is 5.97 Å². The molecule has 0 aliphatic heterocycles. The van der Waals surface area contributed by atoms with Gasteiger partial charge in [-0.05, 0) is 0 Å². The van der Waals surface area contributed by atoms with Crippen molar-refractivity contribution >= 4 is 17.8 Å². The van der Waals surface area contributed by atoms with Crippen molar-refractivity contribution in [1.29, 1.82) is 0 Å². The molecule has 0 aromatic heterocycles. The Morgan fingerprint density at radius 3 is 2.07 bits per heavy atom. The van der Waals surface area contributed by atoms with Gasteiger partial charge in [-0.25, -0.2) is 4.79 Å². The van der Waals surface area contributed by atoms with Gasteiger partial charge in [0.25, 0.3) is 0 Å². The summed E-state index contributed by atoms with van der Waals surface area (Å²) < 4.78 is 0. The summed E-state index contributed by atoms with van der Waals surface area (Å²) in [5.41, 5.74) is 0. The number of likely N-dealkylation sites (N-methyl/N-ethyl adjacent to an activating group) is 1. The summed E-state index contributed by atoms with van der Waals surface area (Å²) in [5.74, 6) is -2.94. The second-order valence-electron chi connectivity index (χ2n) is 2.58. The van der Waals surface area contributed by atoms with E-state index in [9.17, 15) is 14.4 Å². The molecule has 0 rings (SSSR count). The Morgan fingerprint density at radius 2 is 1.79 bits per heavy atom. The molecule has 4 N–H and O–H groups in total. The molecule has 0 fully saturated rings. The molecule has 80 valence electrons. The Kier molecular flexibility index (Phi) is 4.57. The van der Waals surface area contributed by atoms with Crippen LogP contribution in [0.5, 0.6) is 0 Å². The molecule has 14 heavy (non-hydrogen) atoms. The highest BCUT2D eigenvalue weighted by atomic mass is 16.4. The number of aliphatic hydroxyl groups excluding tert-OH is 1. The highest BCUT2D eigenvalue weighted by Gasteiger charge is 2.31. The molecule has 2 atom stereocenters. The smallest absolute Gasteiger partial charge is 0.335 e. The third kappa shape index (κ3) is 3.40. The van der Waals surface area contributed by atoms with E-state index in [4.69, 9.17) is 10.2 Å². The van der Waals surface area contributed by atoms with Gasteiger partial charge in [0, 0.05) is 14.0 Å². The Balaban J connectivity index is 4.62. The summed E-state index contributed by atoms with van der Waals surface area (Å²) in [6.45, 7) is 1.12. The summed E-state index contributed by atoms with van der Waals surface area (Å²) in [6, 6.07) is -1.48. The topological polar surface area (TPSA) is 116 Å². The number of aliphatic hydroxyl groups is 1. The molecule has 7 heteroatoms. The zero-order chi connectivity index (χ0) is 11.3. The molecule has 0 saturated carbocycles. The minimum Gasteiger partial charge on any atom is -0.479 e. The van der Waals surface area contributed by atoms with Crippen LogP contribution in [0.4, 0.5) is 0 Å². The van der Waals surface area contributed by atoms with Crippen LogP contribution in [0.1, 0.15) is 6.92 Å². The van der Waals surface area contributed by atoms with Crippen molar-refractivity contribution in [2.75, 3.05) is 7.05 Å². The van der Waals surface area contributed by atoms with Gasteiger partial charge in [-0.1, -0.05) is 0 Å². The first kappa shape index (κ1) is 12.4. The Bertz CT molecular complexity index is 252. The van der Waals surface area contributed by atoms with Crippen LogP contribution in [0.3, 0.4) is 0 Å². The quantitative estimate of drug-likeness (QED) is 0.410. The minimum atomic E-state index is -1.96. The fourth-order valence-electron chi connectivity index (χ4n) is 0.805. The van der Waals surface area contributed by atoms with Crippen molar-refractivity contribution in [3.05, 3.63) is 0 Å². The molecule has 0 aromatic rings. The fraction of sp³-hybridized carbons (Fsp3) is 0.571. The van der Waals surface area contributed by atoms with Crippen LogP contribution in [-0.2, 0) is 14.4 Å². The van der Waals surface area contributed by atoms with Gasteiger partial charge in [-0.3, -0.25) is 9.59 Å². The summed E-state index contributed by atoms with van der Waals surface area (Å²) in [7, 11) is 1.27. The van der Waals surface area contributed by atoms with E-state index in [-0.39, 0.29) is 0 Å². The van der Waals surface area contributed by atoms with Crippen LogP contribution in [0, 0.1) is 0 Å². The highest BCUT2D eigenvalue weighted by Crippen LogP contribution is 1.94. The van der Waals surface area contributed by atoms with E-state index in [1.165, 1.54) is 7.05 Å². The number of carboxylic acid groups (broad SMARTS) is 1. The van der Waals surface area contributed by atoms with Gasteiger partial charge < -0.3 is 20.8 Å². The first-order chi connectivity index (χ1) is 6.40. The van der Waals surface area contributed by atoms with E-state index in [1.54, 1.807) is 0 Å². The van der Waals surface area contributed by atoms with Crippen molar-refractivity contribution in [2.45, 2.75) is 19.1 Å². The summed E-state index contributed by atoms with van der Waals surface area (Å²) in [6.07, 6.45) is -1.96. The molecule has 0 aliphatic rings. The molecule has 0 heterocycles.